The second kappa shape index (κ2) is 14.6. The Morgan fingerprint density at radius 3 is 2.55 bits per heavy atom. The second-order valence-electron chi connectivity index (χ2n) is 11.1. The standard InChI is InChI=1S/C37H37FN2O6S/c1-7-11-26-18-25(19-30(43-6)34(26)45-21-24-14-16-27(38)17-15-24)20-31-35(41)40-33(28-12-9-10-13-29(28)46-22(3)4)32(36(42)44-8-2)23(5)39-37(40)47-31/h7,9-10,12-20,22,33H,1,8,11,21H2,2-6H3/b31-20+/t33-/m0/s1. The Hall–Kier alpha value is -4.96. The maximum absolute atomic E-state index is 14.3. The maximum Gasteiger partial charge on any atom is 0.338 e. The molecule has 1 aliphatic rings. The van der Waals surface area contributed by atoms with Crippen LogP contribution >= 0.6 is 11.3 Å². The number of esters is 1. The van der Waals surface area contributed by atoms with Gasteiger partial charge in [0.25, 0.3) is 5.56 Å². The van der Waals surface area contributed by atoms with Gasteiger partial charge in [-0.25, -0.2) is 14.2 Å². The van der Waals surface area contributed by atoms with E-state index in [1.165, 1.54) is 23.5 Å². The number of fused-ring (bicyclic) bond motifs is 1. The normalized spacial score (nSPS) is 14.4. The van der Waals surface area contributed by atoms with E-state index < -0.39 is 12.0 Å². The van der Waals surface area contributed by atoms with E-state index in [0.717, 1.165) is 11.1 Å². The van der Waals surface area contributed by atoms with Crippen LogP contribution in [-0.2, 0) is 22.6 Å². The monoisotopic (exact) mass is 656 g/mol. The molecule has 0 N–H and O–H groups in total. The molecule has 1 aliphatic heterocycles. The first-order valence-corrected chi connectivity index (χ1v) is 16.1. The fourth-order valence-electron chi connectivity index (χ4n) is 5.43. The molecule has 0 radical (unpaired) electrons. The zero-order valence-corrected chi connectivity index (χ0v) is 27.9. The molecule has 0 spiro atoms. The molecular weight excluding hydrogens is 619 g/mol. The van der Waals surface area contributed by atoms with Gasteiger partial charge in [0.15, 0.2) is 16.3 Å². The van der Waals surface area contributed by atoms with Gasteiger partial charge in [0, 0.05) is 11.1 Å². The number of ether oxygens (including phenoxy) is 4. The number of allylic oxidation sites excluding steroid dienone is 2. The van der Waals surface area contributed by atoms with Gasteiger partial charge in [0.2, 0.25) is 0 Å². The molecule has 1 aromatic heterocycles. The van der Waals surface area contributed by atoms with Crippen molar-refractivity contribution >= 4 is 23.4 Å². The van der Waals surface area contributed by atoms with Crippen molar-refractivity contribution in [1.82, 2.24) is 4.57 Å². The van der Waals surface area contributed by atoms with E-state index >= 15 is 0 Å². The first kappa shape index (κ1) is 33.4. The van der Waals surface area contributed by atoms with Crippen LogP contribution in [0.25, 0.3) is 6.08 Å². The summed E-state index contributed by atoms with van der Waals surface area (Å²) in [4.78, 5) is 32.7. The van der Waals surface area contributed by atoms with Crippen molar-refractivity contribution in [3.8, 4) is 17.2 Å². The molecule has 47 heavy (non-hydrogen) atoms. The van der Waals surface area contributed by atoms with Gasteiger partial charge in [-0.1, -0.05) is 47.7 Å². The highest BCUT2D eigenvalue weighted by atomic mass is 32.1. The lowest BCUT2D eigenvalue weighted by Gasteiger charge is -2.26. The van der Waals surface area contributed by atoms with E-state index in [1.54, 1.807) is 55.9 Å². The first-order valence-electron chi connectivity index (χ1n) is 15.3. The van der Waals surface area contributed by atoms with Crippen LogP contribution in [0.1, 0.15) is 56.0 Å². The van der Waals surface area contributed by atoms with E-state index in [2.05, 4.69) is 6.58 Å². The fraction of sp³-hybridized carbons (Fsp3) is 0.270. The van der Waals surface area contributed by atoms with Crippen LogP contribution in [0, 0.1) is 5.82 Å². The number of carbonyl (C=O) groups excluding carboxylic acids is 1. The Bertz CT molecular complexity index is 2010. The predicted molar refractivity (Wildman–Crippen MR) is 180 cm³/mol. The third kappa shape index (κ3) is 7.23. The Morgan fingerprint density at radius 1 is 1.13 bits per heavy atom. The molecule has 2 heterocycles. The van der Waals surface area contributed by atoms with Crippen LogP contribution < -0.4 is 29.1 Å². The van der Waals surface area contributed by atoms with Crippen LogP contribution in [0.15, 0.2) is 94.4 Å². The number of halogens is 1. The molecule has 0 saturated heterocycles. The van der Waals surface area contributed by atoms with Gasteiger partial charge in [-0.15, -0.1) is 6.58 Å². The van der Waals surface area contributed by atoms with Crippen molar-refractivity contribution in [2.24, 2.45) is 4.99 Å². The second-order valence-corrected chi connectivity index (χ2v) is 12.1. The number of hydrogen-bond acceptors (Lipinski definition) is 8. The minimum Gasteiger partial charge on any atom is -0.493 e. The highest BCUT2D eigenvalue weighted by molar-refractivity contribution is 7.07. The van der Waals surface area contributed by atoms with Crippen molar-refractivity contribution in [3.05, 3.63) is 132 Å². The molecule has 0 fully saturated rings. The van der Waals surface area contributed by atoms with Crippen molar-refractivity contribution in [3.63, 3.8) is 0 Å². The van der Waals surface area contributed by atoms with Gasteiger partial charge in [0.05, 0.1) is 35.6 Å². The number of nitrogens with zero attached hydrogens (tertiary/aromatic N) is 2. The molecule has 0 unspecified atom stereocenters. The van der Waals surface area contributed by atoms with Crippen LogP contribution in [0.2, 0.25) is 0 Å². The largest absolute Gasteiger partial charge is 0.493 e. The van der Waals surface area contributed by atoms with Gasteiger partial charge in [-0.3, -0.25) is 9.36 Å². The van der Waals surface area contributed by atoms with E-state index in [1.807, 2.05) is 44.2 Å². The summed E-state index contributed by atoms with van der Waals surface area (Å²) < 4.78 is 38.8. The molecule has 5 rings (SSSR count). The summed E-state index contributed by atoms with van der Waals surface area (Å²) in [5, 5.41) is 0. The summed E-state index contributed by atoms with van der Waals surface area (Å²) in [6.07, 6.45) is 3.88. The van der Waals surface area contributed by atoms with Gasteiger partial charge < -0.3 is 18.9 Å². The first-order chi connectivity index (χ1) is 22.6. The molecular formula is C37H37FN2O6S. The minimum atomic E-state index is -0.810. The molecule has 0 bridgehead atoms. The molecule has 0 saturated carbocycles. The van der Waals surface area contributed by atoms with E-state index in [0.29, 0.717) is 49.8 Å². The van der Waals surface area contributed by atoms with Gasteiger partial charge >= 0.3 is 5.97 Å². The third-order valence-corrected chi connectivity index (χ3v) is 8.41. The van der Waals surface area contributed by atoms with E-state index in [4.69, 9.17) is 23.9 Å². The summed E-state index contributed by atoms with van der Waals surface area (Å²) in [5.41, 5.74) is 3.41. The third-order valence-electron chi connectivity index (χ3n) is 7.43. The number of hydrogen-bond donors (Lipinski definition) is 0. The number of rotatable bonds is 12. The summed E-state index contributed by atoms with van der Waals surface area (Å²) >= 11 is 1.23. The van der Waals surface area contributed by atoms with E-state index in [-0.39, 0.29) is 36.3 Å². The lowest BCUT2D eigenvalue weighted by Crippen LogP contribution is -2.40. The quantitative estimate of drug-likeness (QED) is 0.137. The van der Waals surface area contributed by atoms with Crippen molar-refractivity contribution in [1.29, 1.82) is 0 Å². The fourth-order valence-corrected chi connectivity index (χ4v) is 6.48. The molecule has 244 valence electrons. The maximum atomic E-state index is 14.3. The molecule has 0 amide bonds. The number of para-hydroxylation sites is 1. The molecule has 4 aromatic rings. The van der Waals surface area contributed by atoms with Crippen LogP contribution in [-0.4, -0.2) is 30.4 Å². The number of benzene rings is 3. The Labute approximate surface area is 276 Å². The molecule has 10 heteroatoms. The molecule has 0 aliphatic carbocycles. The Balaban J connectivity index is 1.63. The van der Waals surface area contributed by atoms with Gasteiger partial charge in [-0.05, 0) is 81.7 Å². The SMILES string of the molecule is C=CCc1cc(/C=c2/sc3n(c2=O)[C@@H](c2ccccc2OC(C)C)C(C(=O)OCC)=C(C)N=3)cc(OC)c1OCc1ccc(F)cc1. The van der Waals surface area contributed by atoms with Crippen molar-refractivity contribution < 1.29 is 28.1 Å². The summed E-state index contributed by atoms with van der Waals surface area (Å²) in [6.45, 7) is 11.6. The lowest BCUT2D eigenvalue weighted by molar-refractivity contribution is -0.139. The predicted octanol–water partition coefficient (Wildman–Crippen LogP) is 6.04. The summed E-state index contributed by atoms with van der Waals surface area (Å²) in [6, 6.07) is 16.4. The average Bonchev–Trinajstić information content (AvgIpc) is 3.34. The van der Waals surface area contributed by atoms with Crippen LogP contribution in [0.4, 0.5) is 4.39 Å². The van der Waals surface area contributed by atoms with Gasteiger partial charge in [0.1, 0.15) is 24.2 Å². The lowest BCUT2D eigenvalue weighted by atomic mass is 9.95. The zero-order chi connectivity index (χ0) is 33.7. The van der Waals surface area contributed by atoms with Gasteiger partial charge in [-0.2, -0.15) is 0 Å². The number of aromatic nitrogens is 1. The highest BCUT2D eigenvalue weighted by Gasteiger charge is 2.35. The van der Waals surface area contributed by atoms with Crippen molar-refractivity contribution in [2.45, 2.75) is 52.9 Å². The average molecular weight is 657 g/mol. The van der Waals surface area contributed by atoms with Crippen molar-refractivity contribution in [2.75, 3.05) is 13.7 Å². The molecule has 8 nitrogen and oxygen atoms in total. The number of thiazole rings is 1. The van der Waals surface area contributed by atoms with Crippen LogP contribution in [0.5, 0.6) is 17.2 Å². The Kier molecular flexibility index (Phi) is 10.4. The van der Waals surface area contributed by atoms with E-state index in [9.17, 15) is 14.0 Å². The number of carbonyl (C=O) groups is 1. The zero-order valence-electron chi connectivity index (χ0n) is 27.0. The smallest absolute Gasteiger partial charge is 0.338 e. The molecule has 3 aromatic carbocycles. The van der Waals surface area contributed by atoms with Crippen LogP contribution in [0.3, 0.4) is 0 Å². The topological polar surface area (TPSA) is 88.4 Å². The highest BCUT2D eigenvalue weighted by Crippen LogP contribution is 2.37. The Morgan fingerprint density at radius 2 is 1.87 bits per heavy atom. The number of methoxy groups -OCH3 is 1. The molecule has 1 atom stereocenters. The minimum absolute atomic E-state index is 0.134. The summed E-state index contributed by atoms with van der Waals surface area (Å²) in [7, 11) is 1.55. The summed E-state index contributed by atoms with van der Waals surface area (Å²) in [5.74, 6) is 0.714.